The molecule has 0 saturated carbocycles. The molecule has 0 atom stereocenters. The van der Waals surface area contributed by atoms with Gasteiger partial charge >= 0.3 is 6.18 Å². The summed E-state index contributed by atoms with van der Waals surface area (Å²) >= 11 is 7.46. The molecule has 0 amide bonds. The van der Waals surface area contributed by atoms with E-state index in [1.165, 1.54) is 11.3 Å². The summed E-state index contributed by atoms with van der Waals surface area (Å²) in [4.78, 5) is 17.5. The zero-order chi connectivity index (χ0) is 23.0. The molecule has 0 aliphatic rings. The minimum absolute atomic E-state index is 0.0696. The molecule has 164 valence electrons. The maximum Gasteiger partial charge on any atom is 0.433 e. The van der Waals surface area contributed by atoms with E-state index in [-0.39, 0.29) is 17.6 Å². The highest BCUT2D eigenvalue weighted by Crippen LogP contribution is 2.34. The van der Waals surface area contributed by atoms with E-state index < -0.39 is 11.9 Å². The Bertz CT molecular complexity index is 1440. The topological polar surface area (TPSA) is 63.6 Å². The third-order valence-corrected chi connectivity index (χ3v) is 5.85. The van der Waals surface area contributed by atoms with Gasteiger partial charge in [0.1, 0.15) is 0 Å². The van der Waals surface area contributed by atoms with E-state index in [0.717, 1.165) is 11.6 Å². The number of hydrogen-bond donors (Lipinski definition) is 1. The highest BCUT2D eigenvalue weighted by molar-refractivity contribution is 7.13. The normalized spacial score (nSPS) is 11.6. The zero-order valence-electron chi connectivity index (χ0n) is 16.6. The number of thiophene rings is 1. The van der Waals surface area contributed by atoms with Gasteiger partial charge in [0.15, 0.2) is 5.69 Å². The summed E-state index contributed by atoms with van der Waals surface area (Å²) in [7, 11) is 0. The molecule has 0 bridgehead atoms. The molecule has 3 heterocycles. The van der Waals surface area contributed by atoms with Crippen molar-refractivity contribution in [1.29, 1.82) is 0 Å². The van der Waals surface area contributed by atoms with Crippen LogP contribution in [-0.2, 0) is 6.18 Å². The number of alkyl halides is 3. The summed E-state index contributed by atoms with van der Waals surface area (Å²) in [5.74, 6) is -0.180. The van der Waals surface area contributed by atoms with Crippen molar-refractivity contribution < 1.29 is 13.2 Å². The molecule has 0 unspecified atom stereocenters. The Morgan fingerprint density at radius 3 is 2.33 bits per heavy atom. The van der Waals surface area contributed by atoms with Gasteiger partial charge in [-0.05, 0) is 35.7 Å². The minimum Gasteiger partial charge on any atom is -0.293 e. The van der Waals surface area contributed by atoms with Gasteiger partial charge in [0.25, 0.3) is 0 Å². The van der Waals surface area contributed by atoms with Crippen LogP contribution < -0.4 is 5.32 Å². The van der Waals surface area contributed by atoms with Crippen molar-refractivity contribution in [3.63, 3.8) is 0 Å². The fourth-order valence-electron chi connectivity index (χ4n) is 3.27. The van der Waals surface area contributed by atoms with Gasteiger partial charge in [0.2, 0.25) is 11.9 Å². The second kappa shape index (κ2) is 8.42. The lowest BCUT2D eigenvalue weighted by Gasteiger charge is -2.12. The van der Waals surface area contributed by atoms with Crippen molar-refractivity contribution in [3.8, 4) is 21.8 Å². The Balaban J connectivity index is 1.64. The largest absolute Gasteiger partial charge is 0.433 e. The van der Waals surface area contributed by atoms with E-state index in [9.17, 15) is 13.2 Å². The maximum atomic E-state index is 13.5. The van der Waals surface area contributed by atoms with E-state index in [2.05, 4.69) is 25.3 Å². The number of aromatic nitrogens is 4. The van der Waals surface area contributed by atoms with Crippen molar-refractivity contribution in [3.05, 3.63) is 82.8 Å². The van der Waals surface area contributed by atoms with Crippen LogP contribution in [0.3, 0.4) is 0 Å². The van der Waals surface area contributed by atoms with Crippen molar-refractivity contribution >= 4 is 45.7 Å². The van der Waals surface area contributed by atoms with Crippen LogP contribution in [0.4, 0.5) is 25.1 Å². The number of benzene rings is 2. The molecule has 3 aromatic heterocycles. The first-order valence-corrected chi connectivity index (χ1v) is 10.9. The van der Waals surface area contributed by atoms with Crippen LogP contribution in [0.25, 0.3) is 32.7 Å². The van der Waals surface area contributed by atoms with E-state index in [1.807, 2.05) is 30.3 Å². The number of rotatable bonds is 4. The molecule has 5 aromatic rings. The lowest BCUT2D eigenvalue weighted by Crippen LogP contribution is -2.12. The summed E-state index contributed by atoms with van der Waals surface area (Å²) in [6, 6.07) is 18.9. The van der Waals surface area contributed by atoms with Gasteiger partial charge in [-0.15, -0.1) is 11.3 Å². The smallest absolute Gasteiger partial charge is 0.293 e. The van der Waals surface area contributed by atoms with Gasteiger partial charge in [-0.2, -0.15) is 13.2 Å². The summed E-state index contributed by atoms with van der Waals surface area (Å²) in [5.41, 5.74) is 1.06. The number of hydrogen-bond acceptors (Lipinski definition) is 6. The van der Waals surface area contributed by atoms with Crippen LogP contribution in [0.1, 0.15) is 5.69 Å². The highest BCUT2D eigenvalue weighted by atomic mass is 35.5. The molecule has 1 N–H and O–H groups in total. The van der Waals surface area contributed by atoms with E-state index in [4.69, 9.17) is 11.6 Å². The molecule has 0 spiro atoms. The fraction of sp³-hybridized carbons (Fsp3) is 0.0435. The standard InChI is InChI=1S/C23H13ClF3N5S/c24-14-8-9-16-15(11-14)20(13-5-2-1-3-6-13)31-22(28-16)32-21-29-17(18-7-4-10-33-18)12-19(30-21)23(25,26)27/h1-12H,(H,28,29,30,31,32). The lowest BCUT2D eigenvalue weighted by atomic mass is 10.1. The summed E-state index contributed by atoms with van der Waals surface area (Å²) in [6.07, 6.45) is -4.64. The molecule has 0 radical (unpaired) electrons. The zero-order valence-corrected chi connectivity index (χ0v) is 18.2. The predicted molar refractivity (Wildman–Crippen MR) is 124 cm³/mol. The van der Waals surface area contributed by atoms with Crippen LogP contribution in [-0.4, -0.2) is 19.9 Å². The van der Waals surface area contributed by atoms with Crippen LogP contribution in [0, 0.1) is 0 Å². The Labute approximate surface area is 195 Å². The second-order valence-electron chi connectivity index (χ2n) is 6.99. The Hall–Kier alpha value is -3.56. The number of nitrogens with zero attached hydrogens (tertiary/aromatic N) is 4. The third-order valence-electron chi connectivity index (χ3n) is 4.72. The van der Waals surface area contributed by atoms with Gasteiger partial charge < -0.3 is 0 Å². The molecule has 0 aliphatic heterocycles. The first kappa shape index (κ1) is 21.3. The van der Waals surface area contributed by atoms with E-state index >= 15 is 0 Å². The molecule has 2 aromatic carbocycles. The quantitative estimate of drug-likeness (QED) is 0.292. The molecule has 0 fully saturated rings. The average Bonchev–Trinajstić information content (AvgIpc) is 3.34. The molecular formula is C23H13ClF3N5S. The van der Waals surface area contributed by atoms with Crippen molar-refractivity contribution in [2.75, 3.05) is 5.32 Å². The third kappa shape index (κ3) is 4.50. The fourth-order valence-corrected chi connectivity index (χ4v) is 4.13. The van der Waals surface area contributed by atoms with Crippen LogP contribution >= 0.6 is 22.9 Å². The van der Waals surface area contributed by atoms with Crippen molar-refractivity contribution in [2.45, 2.75) is 6.18 Å². The SMILES string of the molecule is FC(F)(F)c1cc(-c2cccs2)nc(Nc2nc(-c3ccccc3)c3cc(Cl)ccc3n2)n1. The van der Waals surface area contributed by atoms with Crippen LogP contribution in [0.5, 0.6) is 0 Å². The molecule has 5 rings (SSSR count). The summed E-state index contributed by atoms with van der Waals surface area (Å²) in [6.45, 7) is 0. The van der Waals surface area contributed by atoms with Crippen molar-refractivity contribution in [1.82, 2.24) is 19.9 Å². The monoisotopic (exact) mass is 483 g/mol. The Kier molecular flexibility index (Phi) is 5.43. The van der Waals surface area contributed by atoms with Crippen LogP contribution in [0.15, 0.2) is 72.1 Å². The highest BCUT2D eigenvalue weighted by Gasteiger charge is 2.34. The van der Waals surface area contributed by atoms with Gasteiger partial charge in [-0.25, -0.2) is 19.9 Å². The lowest BCUT2D eigenvalue weighted by molar-refractivity contribution is -0.141. The Morgan fingerprint density at radius 1 is 0.818 bits per heavy atom. The van der Waals surface area contributed by atoms with Gasteiger partial charge in [0, 0.05) is 16.0 Å². The molecule has 0 saturated heterocycles. The van der Waals surface area contributed by atoms with Crippen LogP contribution in [0.2, 0.25) is 5.02 Å². The van der Waals surface area contributed by atoms with Gasteiger partial charge in [-0.1, -0.05) is 48.0 Å². The Morgan fingerprint density at radius 2 is 1.61 bits per heavy atom. The van der Waals surface area contributed by atoms with Crippen molar-refractivity contribution in [2.24, 2.45) is 0 Å². The average molecular weight is 484 g/mol. The van der Waals surface area contributed by atoms with E-state index in [0.29, 0.717) is 26.5 Å². The van der Waals surface area contributed by atoms with Gasteiger partial charge in [0.05, 0.1) is 21.8 Å². The second-order valence-corrected chi connectivity index (χ2v) is 8.37. The predicted octanol–water partition coefficient (Wildman–Crippen LogP) is 7.23. The molecule has 10 heteroatoms. The number of fused-ring (bicyclic) bond motifs is 1. The number of anilines is 2. The molecule has 0 aliphatic carbocycles. The number of nitrogens with one attached hydrogen (secondary N) is 1. The molecule has 5 nitrogen and oxygen atoms in total. The minimum atomic E-state index is -4.64. The van der Waals surface area contributed by atoms with Gasteiger partial charge in [-0.3, -0.25) is 5.32 Å². The molecule has 33 heavy (non-hydrogen) atoms. The number of halogens is 4. The first-order chi connectivity index (χ1) is 15.9. The first-order valence-electron chi connectivity index (χ1n) is 9.67. The molecular weight excluding hydrogens is 471 g/mol. The summed E-state index contributed by atoms with van der Waals surface area (Å²) < 4.78 is 40.5. The summed E-state index contributed by atoms with van der Waals surface area (Å²) in [5, 5.41) is 5.76. The maximum absolute atomic E-state index is 13.5. The van der Waals surface area contributed by atoms with E-state index in [1.54, 1.807) is 35.7 Å².